The molecule has 0 aliphatic rings. The van der Waals surface area contributed by atoms with Gasteiger partial charge in [-0.2, -0.15) is 0 Å². The van der Waals surface area contributed by atoms with Gasteiger partial charge >= 0.3 is 13.4 Å². The zero-order valence-electron chi connectivity index (χ0n) is 14.4. The molecule has 0 atom stereocenters. The van der Waals surface area contributed by atoms with Crippen LogP contribution in [0, 0.1) is 11.8 Å². The molecule has 0 radical (unpaired) electrons. The molecule has 0 amide bonds. The lowest BCUT2D eigenvalue weighted by atomic mass is 10.1. The van der Waals surface area contributed by atoms with E-state index in [4.69, 9.17) is 29.4 Å². The fourth-order valence-electron chi connectivity index (χ4n) is 1.15. The first-order valence-corrected chi connectivity index (χ1v) is 12.4. The largest absolute Gasteiger partial charge is 0.325 e. The third-order valence-corrected chi connectivity index (χ3v) is 1.73. The van der Waals surface area contributed by atoms with Crippen LogP contribution in [0.4, 0.5) is 0 Å². The fourth-order valence-corrected chi connectivity index (χ4v) is 1.15. The van der Waals surface area contributed by atoms with Crippen molar-refractivity contribution in [3.8, 4) is 0 Å². The highest BCUT2D eigenvalue weighted by molar-refractivity contribution is 8.06. The standard InChI is InChI=1S/2C6H14.2H3O3PS/c2*1-4-5-6(2)3;2*1-4(2,3)5/h2*6H,4-5H2,1-3H3;2*(H3,1,2,3,5). The molecule has 22 heavy (non-hydrogen) atoms. The van der Waals surface area contributed by atoms with Crippen LogP contribution in [0.5, 0.6) is 0 Å². The van der Waals surface area contributed by atoms with E-state index in [-0.39, 0.29) is 0 Å². The lowest BCUT2D eigenvalue weighted by molar-refractivity contribution is 0.361. The van der Waals surface area contributed by atoms with Gasteiger partial charge in [0.15, 0.2) is 0 Å². The second-order valence-corrected chi connectivity index (χ2v) is 10.4. The molecular weight excluding hydrogens is 366 g/mol. The number of hydrogen-bond donors (Lipinski definition) is 6. The molecule has 0 aromatic heterocycles. The molecular formula is C12H34O6P2S2. The summed E-state index contributed by atoms with van der Waals surface area (Å²) in [6, 6.07) is 0. The van der Waals surface area contributed by atoms with Crippen molar-refractivity contribution in [2.45, 2.75) is 67.2 Å². The van der Waals surface area contributed by atoms with Crippen molar-refractivity contribution in [2.24, 2.45) is 11.8 Å². The molecule has 0 bridgehead atoms. The predicted molar refractivity (Wildman–Crippen MR) is 101 cm³/mol. The zero-order valence-corrected chi connectivity index (χ0v) is 17.8. The van der Waals surface area contributed by atoms with E-state index in [1.54, 1.807) is 0 Å². The van der Waals surface area contributed by atoms with Crippen LogP contribution in [0.1, 0.15) is 67.2 Å². The van der Waals surface area contributed by atoms with E-state index in [0.29, 0.717) is 0 Å². The minimum absolute atomic E-state index is 0.898. The van der Waals surface area contributed by atoms with Gasteiger partial charge in [-0.25, -0.2) is 0 Å². The normalized spacial score (nSPS) is 10.8. The summed E-state index contributed by atoms with van der Waals surface area (Å²) < 4.78 is 0. The average Bonchev–Trinajstić information content (AvgIpc) is 2.11. The van der Waals surface area contributed by atoms with Crippen LogP contribution < -0.4 is 0 Å². The smallest absolute Gasteiger partial charge is 0.319 e. The van der Waals surface area contributed by atoms with Gasteiger partial charge in [-0.3, -0.25) is 0 Å². The molecule has 0 fully saturated rings. The minimum Gasteiger partial charge on any atom is -0.325 e. The lowest BCUT2D eigenvalue weighted by Crippen LogP contribution is -1.81. The molecule has 0 saturated heterocycles. The van der Waals surface area contributed by atoms with Gasteiger partial charge in [0.25, 0.3) is 0 Å². The molecule has 6 N–H and O–H groups in total. The van der Waals surface area contributed by atoms with Crippen molar-refractivity contribution in [3.63, 3.8) is 0 Å². The molecule has 0 heterocycles. The van der Waals surface area contributed by atoms with Gasteiger partial charge < -0.3 is 29.4 Å². The van der Waals surface area contributed by atoms with Gasteiger partial charge in [0.05, 0.1) is 0 Å². The van der Waals surface area contributed by atoms with Gasteiger partial charge in [0, 0.05) is 0 Å². The maximum atomic E-state index is 7.56. The van der Waals surface area contributed by atoms with Gasteiger partial charge in [0.2, 0.25) is 0 Å². The summed E-state index contributed by atoms with van der Waals surface area (Å²) in [5.41, 5.74) is 0. The van der Waals surface area contributed by atoms with Gasteiger partial charge in [0.1, 0.15) is 0 Å². The average molecular weight is 400 g/mol. The Bertz CT molecular complexity index is 255. The second kappa shape index (κ2) is 18.4. The first kappa shape index (κ1) is 30.9. The van der Waals surface area contributed by atoms with E-state index in [2.05, 4.69) is 65.2 Å². The Balaban J connectivity index is -0.0000000986. The molecule has 0 spiro atoms. The summed E-state index contributed by atoms with van der Waals surface area (Å²) in [5.74, 6) is 1.80. The Hall–Kier alpha value is 1.06. The van der Waals surface area contributed by atoms with Crippen LogP contribution in [0.25, 0.3) is 0 Å². The Kier molecular flexibility index (Phi) is 25.8. The lowest BCUT2D eigenvalue weighted by Gasteiger charge is -1.95. The Morgan fingerprint density at radius 1 is 0.636 bits per heavy atom. The maximum Gasteiger partial charge on any atom is 0.319 e. The van der Waals surface area contributed by atoms with E-state index in [0.717, 1.165) is 11.8 Å². The Morgan fingerprint density at radius 2 is 0.773 bits per heavy atom. The topological polar surface area (TPSA) is 121 Å². The van der Waals surface area contributed by atoms with Crippen LogP contribution in [-0.2, 0) is 23.6 Å². The quantitative estimate of drug-likeness (QED) is 0.398. The first-order valence-electron chi connectivity index (χ1n) is 7.11. The highest BCUT2D eigenvalue weighted by atomic mass is 32.5. The molecule has 0 rings (SSSR count). The number of rotatable bonds is 4. The number of hydrogen-bond acceptors (Lipinski definition) is 2. The maximum absolute atomic E-state index is 7.56. The molecule has 0 aliphatic heterocycles. The van der Waals surface area contributed by atoms with Crippen LogP contribution >= 0.6 is 13.4 Å². The Morgan fingerprint density at radius 3 is 0.773 bits per heavy atom. The third-order valence-electron chi connectivity index (χ3n) is 1.73. The SMILES string of the molecule is CCCC(C)C.CCCC(C)C.OP(O)(O)=S.OP(O)(O)=S. The molecule has 0 aliphatic carbocycles. The van der Waals surface area contributed by atoms with Crippen LogP contribution in [0.2, 0.25) is 0 Å². The summed E-state index contributed by atoms with van der Waals surface area (Å²) in [5, 5.41) is 0. The summed E-state index contributed by atoms with van der Waals surface area (Å²) in [6.07, 6.45) is 5.41. The molecule has 0 unspecified atom stereocenters. The monoisotopic (exact) mass is 400 g/mol. The van der Waals surface area contributed by atoms with Gasteiger partial charge in [-0.15, -0.1) is 0 Å². The molecule has 10 heteroatoms. The predicted octanol–water partition coefficient (Wildman–Crippen LogP) is 3.26. The molecule has 0 aromatic carbocycles. The molecule has 140 valence electrons. The van der Waals surface area contributed by atoms with Gasteiger partial charge in [-0.1, -0.05) is 67.2 Å². The van der Waals surface area contributed by atoms with E-state index in [1.165, 1.54) is 25.7 Å². The highest BCUT2D eigenvalue weighted by Crippen LogP contribution is 2.26. The second-order valence-electron chi connectivity index (χ2n) is 5.39. The van der Waals surface area contributed by atoms with Gasteiger partial charge in [-0.05, 0) is 35.4 Å². The summed E-state index contributed by atoms with van der Waals surface area (Å²) in [4.78, 5) is 45.3. The minimum atomic E-state index is -3.81. The fraction of sp³-hybridized carbons (Fsp3) is 1.00. The zero-order chi connectivity index (χ0) is 19.0. The summed E-state index contributed by atoms with van der Waals surface area (Å²) in [7, 11) is 0. The van der Waals surface area contributed by atoms with Crippen molar-refractivity contribution < 1.29 is 29.4 Å². The third kappa shape index (κ3) is 170. The van der Waals surface area contributed by atoms with Crippen LogP contribution in [0.3, 0.4) is 0 Å². The van der Waals surface area contributed by atoms with Crippen molar-refractivity contribution >= 4 is 37.1 Å². The molecule has 0 saturated carbocycles. The van der Waals surface area contributed by atoms with E-state index in [9.17, 15) is 0 Å². The summed E-state index contributed by atoms with van der Waals surface area (Å²) in [6.45, 7) is 5.85. The molecule has 6 nitrogen and oxygen atoms in total. The molecule has 0 aromatic rings. The van der Waals surface area contributed by atoms with Crippen molar-refractivity contribution in [1.29, 1.82) is 0 Å². The van der Waals surface area contributed by atoms with Crippen LogP contribution in [-0.4, -0.2) is 29.4 Å². The van der Waals surface area contributed by atoms with Crippen molar-refractivity contribution in [2.75, 3.05) is 0 Å². The highest BCUT2D eigenvalue weighted by Gasteiger charge is 1.92. The van der Waals surface area contributed by atoms with Crippen molar-refractivity contribution in [1.82, 2.24) is 0 Å². The first-order chi connectivity index (χ1) is 9.54. The Labute approximate surface area is 145 Å². The van der Waals surface area contributed by atoms with E-state index < -0.39 is 13.4 Å². The van der Waals surface area contributed by atoms with E-state index in [1.807, 2.05) is 0 Å². The van der Waals surface area contributed by atoms with E-state index >= 15 is 0 Å². The van der Waals surface area contributed by atoms with Crippen molar-refractivity contribution in [3.05, 3.63) is 0 Å². The van der Waals surface area contributed by atoms with Crippen LogP contribution in [0.15, 0.2) is 0 Å². The summed E-state index contributed by atoms with van der Waals surface area (Å²) >= 11 is 7.21.